The maximum Gasteiger partial charge on any atom is 0.144 e. The highest BCUT2D eigenvalue weighted by molar-refractivity contribution is 6.17. The smallest absolute Gasteiger partial charge is 0.144 e. The van der Waals surface area contributed by atoms with Gasteiger partial charge in [-0.25, -0.2) is 0 Å². The molecule has 4 aromatic carbocycles. The van der Waals surface area contributed by atoms with E-state index in [0.29, 0.717) is 11.8 Å². The summed E-state index contributed by atoms with van der Waals surface area (Å²) < 4.78 is 6.81. The molecule has 0 aliphatic heterocycles. The average Bonchev–Trinajstić information content (AvgIpc) is 3.26. The lowest BCUT2D eigenvalue weighted by Crippen LogP contribution is -2.15. The Kier molecular flexibility index (Phi) is 7.61. The molecule has 0 fully saturated rings. The lowest BCUT2D eigenvalue weighted by molar-refractivity contribution is 0.625. The van der Waals surface area contributed by atoms with Crippen LogP contribution >= 0.6 is 0 Å². The van der Waals surface area contributed by atoms with Crippen LogP contribution in [0.1, 0.15) is 71.4 Å². The molecule has 0 saturated carbocycles. The lowest BCUT2D eigenvalue weighted by Gasteiger charge is -2.20. The van der Waals surface area contributed by atoms with Crippen LogP contribution in [0.3, 0.4) is 0 Å². The SMILES string of the molecule is C=C(CC(C)C)N/C(=C\C(C)CC)c1c(CCCC)ccc2c1oc1cc3c(ccc4ccccc43)cc12. The highest BCUT2D eigenvalue weighted by atomic mass is 16.3. The second-order valence-electron chi connectivity index (χ2n) is 11.3. The Morgan fingerprint density at radius 2 is 1.68 bits per heavy atom. The molecule has 1 unspecified atom stereocenters. The third-order valence-corrected chi connectivity index (χ3v) is 7.72. The second kappa shape index (κ2) is 11.1. The zero-order valence-electron chi connectivity index (χ0n) is 23.7. The van der Waals surface area contributed by atoms with Crippen molar-refractivity contribution in [2.75, 3.05) is 0 Å². The maximum absolute atomic E-state index is 6.81. The molecule has 1 aromatic heterocycles. The summed E-state index contributed by atoms with van der Waals surface area (Å²) in [5.41, 5.74) is 6.66. The van der Waals surface area contributed by atoms with Crippen molar-refractivity contribution < 1.29 is 4.42 Å². The van der Waals surface area contributed by atoms with Gasteiger partial charge >= 0.3 is 0 Å². The van der Waals surface area contributed by atoms with Gasteiger partial charge < -0.3 is 9.73 Å². The Bertz CT molecular complexity index is 1650. The Morgan fingerprint density at radius 3 is 2.45 bits per heavy atom. The number of hydrogen-bond donors (Lipinski definition) is 1. The molecule has 2 nitrogen and oxygen atoms in total. The third kappa shape index (κ3) is 5.10. The minimum absolute atomic E-state index is 0.442. The van der Waals surface area contributed by atoms with Crippen molar-refractivity contribution in [2.45, 2.75) is 66.7 Å². The van der Waals surface area contributed by atoms with Gasteiger partial charge in [0.25, 0.3) is 0 Å². The van der Waals surface area contributed by atoms with Gasteiger partial charge in [-0.3, -0.25) is 0 Å². The van der Waals surface area contributed by atoms with Gasteiger partial charge in [0.2, 0.25) is 0 Å². The monoisotopic (exact) mass is 503 g/mol. The van der Waals surface area contributed by atoms with E-state index in [0.717, 1.165) is 54.7 Å². The Balaban J connectivity index is 1.77. The summed E-state index contributed by atoms with van der Waals surface area (Å²) in [6, 6.07) is 22.2. The van der Waals surface area contributed by atoms with Crippen molar-refractivity contribution in [2.24, 2.45) is 11.8 Å². The highest BCUT2D eigenvalue weighted by Gasteiger charge is 2.20. The minimum atomic E-state index is 0.442. The van der Waals surface area contributed by atoms with Gasteiger partial charge in [0.15, 0.2) is 0 Å². The fourth-order valence-corrected chi connectivity index (χ4v) is 5.58. The van der Waals surface area contributed by atoms with Crippen molar-refractivity contribution in [1.82, 2.24) is 5.32 Å². The van der Waals surface area contributed by atoms with Crippen LogP contribution in [0.5, 0.6) is 0 Å². The van der Waals surface area contributed by atoms with E-state index in [4.69, 9.17) is 4.42 Å². The van der Waals surface area contributed by atoms with E-state index in [1.807, 2.05) is 0 Å². The topological polar surface area (TPSA) is 25.2 Å². The largest absolute Gasteiger partial charge is 0.455 e. The summed E-state index contributed by atoms with van der Waals surface area (Å²) in [5.74, 6) is 0.987. The standard InChI is InChI=1S/C36H41NO/c1-7-9-12-27-17-18-30-32-21-28-16-15-26-13-10-11-14-29(26)31(28)22-34(32)38-36(30)35(27)33(20-24(5)8-2)37-25(6)19-23(3)4/h10-11,13-18,20-24,37H,6-9,12,19H2,1-5H3/b33-20-. The molecule has 1 N–H and O–H groups in total. The molecule has 38 heavy (non-hydrogen) atoms. The number of allylic oxidation sites excluding steroid dienone is 2. The minimum Gasteiger partial charge on any atom is -0.455 e. The van der Waals surface area contributed by atoms with Crippen LogP contribution in [0.15, 0.2) is 83.4 Å². The predicted molar refractivity (Wildman–Crippen MR) is 167 cm³/mol. The Hall–Kier alpha value is -3.52. The van der Waals surface area contributed by atoms with E-state index in [2.05, 4.69) is 113 Å². The zero-order valence-corrected chi connectivity index (χ0v) is 23.7. The number of rotatable bonds is 10. The molecule has 196 valence electrons. The van der Waals surface area contributed by atoms with E-state index in [-0.39, 0.29) is 0 Å². The van der Waals surface area contributed by atoms with E-state index < -0.39 is 0 Å². The number of hydrogen-bond acceptors (Lipinski definition) is 2. The van der Waals surface area contributed by atoms with Crippen molar-refractivity contribution >= 4 is 49.2 Å². The lowest BCUT2D eigenvalue weighted by atomic mass is 9.93. The first-order valence-corrected chi connectivity index (χ1v) is 14.4. The van der Waals surface area contributed by atoms with Crippen molar-refractivity contribution in [3.05, 3.63) is 90.1 Å². The van der Waals surface area contributed by atoms with Crippen LogP contribution < -0.4 is 5.32 Å². The molecule has 5 aromatic rings. The molecule has 1 atom stereocenters. The number of furan rings is 1. The highest BCUT2D eigenvalue weighted by Crippen LogP contribution is 2.39. The van der Waals surface area contributed by atoms with Crippen LogP contribution in [0.25, 0.3) is 49.2 Å². The second-order valence-corrected chi connectivity index (χ2v) is 11.3. The van der Waals surface area contributed by atoms with Gasteiger partial charge in [-0.1, -0.05) is 109 Å². The van der Waals surface area contributed by atoms with Crippen LogP contribution in [-0.4, -0.2) is 0 Å². The molecule has 5 rings (SSSR count). The summed E-state index contributed by atoms with van der Waals surface area (Å²) in [5, 5.41) is 11.1. The van der Waals surface area contributed by atoms with Crippen LogP contribution in [-0.2, 0) is 6.42 Å². The first-order valence-electron chi connectivity index (χ1n) is 14.4. The van der Waals surface area contributed by atoms with Crippen molar-refractivity contribution in [3.63, 3.8) is 0 Å². The molecule has 0 amide bonds. The number of unbranched alkanes of at least 4 members (excludes halogenated alkanes) is 1. The molecule has 0 saturated heterocycles. The van der Waals surface area contributed by atoms with Crippen molar-refractivity contribution in [1.29, 1.82) is 0 Å². The first kappa shape index (κ1) is 26.1. The summed E-state index contributed by atoms with van der Waals surface area (Å²) >= 11 is 0. The van der Waals surface area contributed by atoms with Gasteiger partial charge in [-0.05, 0) is 70.3 Å². The first-order chi connectivity index (χ1) is 18.4. The average molecular weight is 504 g/mol. The summed E-state index contributed by atoms with van der Waals surface area (Å²) in [4.78, 5) is 0. The fraction of sp³-hybridized carbons (Fsp3) is 0.333. The van der Waals surface area contributed by atoms with Crippen LogP contribution in [0.4, 0.5) is 0 Å². The Labute approximate surface area is 227 Å². The molecule has 1 heterocycles. The molecule has 0 bridgehead atoms. The van der Waals surface area contributed by atoms with Gasteiger partial charge in [-0.2, -0.15) is 0 Å². The van der Waals surface area contributed by atoms with E-state index in [1.165, 1.54) is 43.4 Å². The number of fused-ring (bicyclic) bond motifs is 6. The third-order valence-electron chi connectivity index (χ3n) is 7.72. The van der Waals surface area contributed by atoms with Gasteiger partial charge in [-0.15, -0.1) is 0 Å². The van der Waals surface area contributed by atoms with E-state index >= 15 is 0 Å². The zero-order chi connectivity index (χ0) is 26.8. The van der Waals surface area contributed by atoms with E-state index in [9.17, 15) is 0 Å². The van der Waals surface area contributed by atoms with Gasteiger partial charge in [0.1, 0.15) is 11.2 Å². The Morgan fingerprint density at radius 1 is 0.895 bits per heavy atom. The summed E-state index contributed by atoms with van der Waals surface area (Å²) in [6.45, 7) is 15.7. The van der Waals surface area contributed by atoms with Crippen molar-refractivity contribution in [3.8, 4) is 0 Å². The molecule has 0 radical (unpaired) electrons. The predicted octanol–water partition coefficient (Wildman–Crippen LogP) is 10.8. The molecule has 0 spiro atoms. The number of benzene rings is 4. The summed E-state index contributed by atoms with van der Waals surface area (Å²) in [6.07, 6.45) is 7.75. The quantitative estimate of drug-likeness (QED) is 0.192. The van der Waals surface area contributed by atoms with E-state index in [1.54, 1.807) is 0 Å². The van der Waals surface area contributed by atoms with Gasteiger partial charge in [0, 0.05) is 27.7 Å². The number of aryl methyl sites for hydroxylation is 1. The van der Waals surface area contributed by atoms with Crippen LogP contribution in [0.2, 0.25) is 0 Å². The molecular weight excluding hydrogens is 462 g/mol. The molecule has 2 heteroatoms. The normalized spacial score (nSPS) is 13.3. The van der Waals surface area contributed by atoms with Crippen LogP contribution in [0, 0.1) is 11.8 Å². The number of nitrogens with one attached hydrogen (secondary N) is 1. The maximum atomic E-state index is 6.81. The summed E-state index contributed by atoms with van der Waals surface area (Å²) in [7, 11) is 0. The molecule has 0 aliphatic carbocycles. The van der Waals surface area contributed by atoms with Gasteiger partial charge in [0.05, 0.1) is 0 Å². The molecular formula is C36H41NO. The fourth-order valence-electron chi connectivity index (χ4n) is 5.58. The molecule has 0 aliphatic rings.